The van der Waals surface area contributed by atoms with E-state index in [1.54, 1.807) is 18.2 Å². The van der Waals surface area contributed by atoms with Crippen LogP contribution in [0.25, 0.3) is 0 Å². The molecule has 1 unspecified atom stereocenters. The van der Waals surface area contributed by atoms with Crippen LogP contribution in [0.15, 0.2) is 64.4 Å². The van der Waals surface area contributed by atoms with E-state index in [2.05, 4.69) is 10.0 Å². The molecule has 0 saturated carbocycles. The van der Waals surface area contributed by atoms with Crippen LogP contribution in [0, 0.1) is 0 Å². The highest BCUT2D eigenvalue weighted by molar-refractivity contribution is 7.89. The fourth-order valence-electron chi connectivity index (χ4n) is 2.25. The van der Waals surface area contributed by atoms with Crippen LogP contribution in [-0.2, 0) is 34.4 Å². The van der Waals surface area contributed by atoms with Gasteiger partial charge in [0.2, 0.25) is 20.0 Å². The standard InChI is InChI=1S/C18H21N3O7S2/c1-12(21-30(26,27)16-6-4-3-5-7-16)18(23)28-13(2)17(22)20-14-8-10-15(11-9-14)29(19,24)25/h3-13,21H,1-2H3,(H,20,22)(H2,19,24,25)/t12-,13?/m0/s1. The molecule has 0 aliphatic carbocycles. The summed E-state index contributed by atoms with van der Waals surface area (Å²) in [5, 5.41) is 7.45. The van der Waals surface area contributed by atoms with Crippen molar-refractivity contribution in [3.8, 4) is 0 Å². The molecule has 0 aliphatic rings. The lowest BCUT2D eigenvalue weighted by Crippen LogP contribution is -2.42. The highest BCUT2D eigenvalue weighted by Crippen LogP contribution is 2.14. The van der Waals surface area contributed by atoms with E-state index in [0.717, 1.165) is 0 Å². The number of sulfonamides is 2. The lowest BCUT2D eigenvalue weighted by atomic mass is 10.3. The third kappa shape index (κ3) is 6.35. The van der Waals surface area contributed by atoms with E-state index in [1.807, 2.05) is 0 Å². The molecule has 0 saturated heterocycles. The van der Waals surface area contributed by atoms with E-state index in [4.69, 9.17) is 9.88 Å². The third-order valence-electron chi connectivity index (χ3n) is 3.85. The van der Waals surface area contributed by atoms with Gasteiger partial charge in [-0.3, -0.25) is 9.59 Å². The monoisotopic (exact) mass is 455 g/mol. The zero-order valence-corrected chi connectivity index (χ0v) is 17.7. The second-order valence-corrected chi connectivity index (χ2v) is 9.57. The Hall–Kier alpha value is -2.80. The van der Waals surface area contributed by atoms with Gasteiger partial charge in [0.15, 0.2) is 6.10 Å². The van der Waals surface area contributed by atoms with Gasteiger partial charge in [-0.25, -0.2) is 22.0 Å². The van der Waals surface area contributed by atoms with Gasteiger partial charge >= 0.3 is 5.97 Å². The van der Waals surface area contributed by atoms with Crippen molar-refractivity contribution in [3.63, 3.8) is 0 Å². The fourth-order valence-corrected chi connectivity index (χ4v) is 3.98. The first-order chi connectivity index (χ1) is 13.9. The van der Waals surface area contributed by atoms with Crippen LogP contribution in [0.2, 0.25) is 0 Å². The zero-order valence-electron chi connectivity index (χ0n) is 16.1. The molecule has 0 aliphatic heterocycles. The van der Waals surface area contributed by atoms with Crippen molar-refractivity contribution in [1.29, 1.82) is 0 Å². The summed E-state index contributed by atoms with van der Waals surface area (Å²) in [5.74, 6) is -1.63. The molecule has 0 radical (unpaired) electrons. The summed E-state index contributed by atoms with van der Waals surface area (Å²) < 4.78 is 54.2. The van der Waals surface area contributed by atoms with Crippen LogP contribution in [0.3, 0.4) is 0 Å². The average Bonchev–Trinajstić information content (AvgIpc) is 2.68. The van der Waals surface area contributed by atoms with E-state index in [1.165, 1.54) is 50.2 Å². The number of hydrogen-bond donors (Lipinski definition) is 3. The van der Waals surface area contributed by atoms with Gasteiger partial charge in [0.1, 0.15) is 6.04 Å². The number of benzene rings is 2. The Morgan fingerprint density at radius 2 is 1.47 bits per heavy atom. The molecule has 1 amide bonds. The van der Waals surface area contributed by atoms with Gasteiger partial charge in [0.05, 0.1) is 9.79 Å². The van der Waals surface area contributed by atoms with Crippen LogP contribution in [0.4, 0.5) is 5.69 Å². The average molecular weight is 456 g/mol. The number of anilines is 1. The van der Waals surface area contributed by atoms with Crippen molar-refractivity contribution in [3.05, 3.63) is 54.6 Å². The van der Waals surface area contributed by atoms with Crippen LogP contribution >= 0.6 is 0 Å². The predicted octanol–water partition coefficient (Wildman–Crippen LogP) is 0.571. The normalized spacial score (nSPS) is 13.8. The molecule has 2 atom stereocenters. The number of primary sulfonamides is 1. The van der Waals surface area contributed by atoms with Crippen molar-refractivity contribution in [1.82, 2.24) is 4.72 Å². The Balaban J connectivity index is 1.95. The number of nitrogens with one attached hydrogen (secondary N) is 2. The van der Waals surface area contributed by atoms with Crippen molar-refractivity contribution >= 4 is 37.6 Å². The number of hydrogen-bond acceptors (Lipinski definition) is 7. The molecule has 0 bridgehead atoms. The summed E-state index contributed by atoms with van der Waals surface area (Å²) >= 11 is 0. The molecule has 162 valence electrons. The molecule has 0 heterocycles. The number of amides is 1. The highest BCUT2D eigenvalue weighted by atomic mass is 32.2. The van der Waals surface area contributed by atoms with Gasteiger partial charge in [-0.15, -0.1) is 0 Å². The SMILES string of the molecule is CC(OC(=O)[C@H](C)NS(=O)(=O)c1ccccc1)C(=O)Nc1ccc(S(N)(=O)=O)cc1. The molecule has 2 aromatic rings. The van der Waals surface area contributed by atoms with Crippen LogP contribution in [-0.4, -0.2) is 40.9 Å². The molecular formula is C18H21N3O7S2. The number of nitrogens with two attached hydrogens (primary N) is 1. The molecule has 30 heavy (non-hydrogen) atoms. The van der Waals surface area contributed by atoms with Crippen molar-refractivity contribution in [2.75, 3.05) is 5.32 Å². The maximum absolute atomic E-state index is 12.3. The second-order valence-electron chi connectivity index (χ2n) is 6.29. The van der Waals surface area contributed by atoms with Crippen LogP contribution < -0.4 is 15.2 Å². The molecule has 0 spiro atoms. The van der Waals surface area contributed by atoms with E-state index in [9.17, 15) is 26.4 Å². The summed E-state index contributed by atoms with van der Waals surface area (Å²) in [5.41, 5.74) is 0.258. The van der Waals surface area contributed by atoms with Gasteiger partial charge < -0.3 is 10.1 Å². The first-order valence-electron chi connectivity index (χ1n) is 8.62. The summed E-state index contributed by atoms with van der Waals surface area (Å²) in [6.45, 7) is 2.60. The third-order valence-corrected chi connectivity index (χ3v) is 6.34. The lowest BCUT2D eigenvalue weighted by Gasteiger charge is -2.17. The zero-order chi connectivity index (χ0) is 22.5. The summed E-state index contributed by atoms with van der Waals surface area (Å²) in [7, 11) is -7.80. The maximum Gasteiger partial charge on any atom is 0.324 e. The van der Waals surface area contributed by atoms with Gasteiger partial charge in [-0.05, 0) is 50.2 Å². The minimum Gasteiger partial charge on any atom is -0.451 e. The maximum atomic E-state index is 12.3. The van der Waals surface area contributed by atoms with E-state index < -0.39 is 44.1 Å². The minimum absolute atomic E-state index is 0.0154. The van der Waals surface area contributed by atoms with Gasteiger partial charge in [0.25, 0.3) is 5.91 Å². The number of esters is 1. The molecule has 4 N–H and O–H groups in total. The van der Waals surface area contributed by atoms with Crippen molar-refractivity contribution < 1.29 is 31.2 Å². The van der Waals surface area contributed by atoms with E-state index in [0.29, 0.717) is 0 Å². The fraction of sp³-hybridized carbons (Fsp3) is 0.222. The number of ether oxygens (including phenoxy) is 1. The molecule has 2 rings (SSSR count). The number of rotatable bonds is 8. The number of carbonyl (C=O) groups is 2. The Labute approximate surface area is 174 Å². The van der Waals surface area contributed by atoms with Crippen LogP contribution in [0.1, 0.15) is 13.8 Å². The molecular weight excluding hydrogens is 434 g/mol. The Morgan fingerprint density at radius 3 is 2.00 bits per heavy atom. The minimum atomic E-state index is -3.94. The quantitative estimate of drug-likeness (QED) is 0.490. The predicted molar refractivity (Wildman–Crippen MR) is 108 cm³/mol. The highest BCUT2D eigenvalue weighted by Gasteiger charge is 2.26. The summed E-state index contributed by atoms with van der Waals surface area (Å²) in [4.78, 5) is 24.2. The van der Waals surface area contributed by atoms with E-state index in [-0.39, 0.29) is 15.5 Å². The first-order valence-corrected chi connectivity index (χ1v) is 11.6. The van der Waals surface area contributed by atoms with Crippen LogP contribution in [0.5, 0.6) is 0 Å². The molecule has 0 fully saturated rings. The summed E-state index contributed by atoms with van der Waals surface area (Å²) in [6, 6.07) is 11.3. The van der Waals surface area contributed by atoms with E-state index >= 15 is 0 Å². The topological polar surface area (TPSA) is 162 Å². The lowest BCUT2D eigenvalue weighted by molar-refractivity contribution is -0.154. The van der Waals surface area contributed by atoms with Crippen molar-refractivity contribution in [2.24, 2.45) is 5.14 Å². The van der Waals surface area contributed by atoms with Crippen molar-refractivity contribution in [2.45, 2.75) is 35.8 Å². The van der Waals surface area contributed by atoms with Gasteiger partial charge in [0, 0.05) is 5.69 Å². The molecule has 2 aromatic carbocycles. The number of carbonyl (C=O) groups excluding carboxylic acids is 2. The largest absolute Gasteiger partial charge is 0.451 e. The Morgan fingerprint density at radius 1 is 0.900 bits per heavy atom. The smallest absolute Gasteiger partial charge is 0.324 e. The summed E-state index contributed by atoms with van der Waals surface area (Å²) in [6.07, 6.45) is -1.24. The first kappa shape index (κ1) is 23.5. The Bertz CT molecular complexity index is 1120. The second kappa shape index (κ2) is 9.34. The van der Waals surface area contributed by atoms with Gasteiger partial charge in [-0.2, -0.15) is 4.72 Å². The molecule has 0 aromatic heterocycles. The molecule has 12 heteroatoms. The molecule has 10 nitrogen and oxygen atoms in total. The Kier molecular flexibility index (Phi) is 7.31. The van der Waals surface area contributed by atoms with Gasteiger partial charge in [-0.1, -0.05) is 18.2 Å².